The maximum Gasteiger partial charge on any atom is 0.573 e. The molecule has 0 bridgehead atoms. The highest BCUT2D eigenvalue weighted by Crippen LogP contribution is 2.24. The van der Waals surface area contributed by atoms with E-state index in [1.807, 2.05) is 0 Å². The van der Waals surface area contributed by atoms with Gasteiger partial charge >= 0.3 is 6.36 Å². The van der Waals surface area contributed by atoms with E-state index in [0.717, 1.165) is 11.1 Å². The van der Waals surface area contributed by atoms with Crippen LogP contribution in [-0.2, 0) is 18.4 Å². The van der Waals surface area contributed by atoms with Crippen LogP contribution in [0.3, 0.4) is 0 Å². The highest BCUT2D eigenvalue weighted by atomic mass is 19.4. The Hall–Kier alpha value is -2.01. The Balaban J connectivity index is 1.80. The van der Waals surface area contributed by atoms with E-state index in [4.69, 9.17) is 0 Å². The van der Waals surface area contributed by atoms with Crippen molar-refractivity contribution < 1.29 is 17.9 Å². The van der Waals surface area contributed by atoms with Gasteiger partial charge in [-0.3, -0.25) is 0 Å². The zero-order valence-electron chi connectivity index (χ0n) is 14.7. The largest absolute Gasteiger partial charge is 0.658 e. The van der Waals surface area contributed by atoms with Crippen LogP contribution < -0.4 is 4.74 Å². The SMILES string of the molecule is CC(C)(C)c1ccc(C[N-]CCc2cccc(OC(F)(F)F)c2)cc1. The van der Waals surface area contributed by atoms with Gasteiger partial charge in [0.05, 0.1) is 0 Å². The molecule has 2 nitrogen and oxygen atoms in total. The molecule has 0 aromatic heterocycles. The second kappa shape index (κ2) is 7.91. The summed E-state index contributed by atoms with van der Waals surface area (Å²) in [5.41, 5.74) is 3.30. The fourth-order valence-corrected chi connectivity index (χ4v) is 2.42. The summed E-state index contributed by atoms with van der Waals surface area (Å²) in [6.07, 6.45) is -4.09. The summed E-state index contributed by atoms with van der Waals surface area (Å²) >= 11 is 0. The molecule has 0 radical (unpaired) electrons. The Kier molecular flexibility index (Phi) is 6.11. The summed E-state index contributed by atoms with van der Waals surface area (Å²) < 4.78 is 40.6. The zero-order valence-corrected chi connectivity index (χ0v) is 14.7. The molecular formula is C20H23F3NO-. The number of ether oxygens (including phenoxy) is 1. The summed E-state index contributed by atoms with van der Waals surface area (Å²) in [6.45, 7) is 7.66. The predicted molar refractivity (Wildman–Crippen MR) is 93.9 cm³/mol. The molecule has 0 aliphatic carbocycles. The third kappa shape index (κ3) is 6.78. The number of rotatable bonds is 6. The van der Waals surface area contributed by atoms with Crippen molar-refractivity contribution in [2.75, 3.05) is 6.54 Å². The van der Waals surface area contributed by atoms with Crippen LogP contribution in [0.15, 0.2) is 48.5 Å². The minimum absolute atomic E-state index is 0.124. The van der Waals surface area contributed by atoms with Crippen molar-refractivity contribution in [3.05, 3.63) is 70.5 Å². The molecule has 0 amide bonds. The van der Waals surface area contributed by atoms with Gasteiger partial charge in [-0.2, -0.15) is 0 Å². The van der Waals surface area contributed by atoms with Gasteiger partial charge in [0.15, 0.2) is 0 Å². The van der Waals surface area contributed by atoms with E-state index in [-0.39, 0.29) is 11.2 Å². The Morgan fingerprint density at radius 1 is 0.920 bits per heavy atom. The third-order valence-electron chi connectivity index (χ3n) is 3.80. The molecule has 0 spiro atoms. The van der Waals surface area contributed by atoms with Crippen molar-refractivity contribution in [2.45, 2.75) is 45.5 Å². The van der Waals surface area contributed by atoms with Gasteiger partial charge < -0.3 is 10.1 Å². The van der Waals surface area contributed by atoms with Crippen LogP contribution in [0.4, 0.5) is 13.2 Å². The van der Waals surface area contributed by atoms with E-state index < -0.39 is 6.36 Å². The van der Waals surface area contributed by atoms with Crippen LogP contribution >= 0.6 is 0 Å². The first kappa shape index (κ1) is 19.3. The fourth-order valence-electron chi connectivity index (χ4n) is 2.42. The molecule has 0 unspecified atom stereocenters. The van der Waals surface area contributed by atoms with Gasteiger partial charge in [0.2, 0.25) is 0 Å². The standard InChI is InChI=1S/C20H23F3NO/c1-19(2,3)17-9-7-16(8-10-17)14-24-12-11-15-5-4-6-18(13-15)25-20(21,22)23/h4-10,13H,11-12,14H2,1-3H3/q-1. The van der Waals surface area contributed by atoms with Crippen LogP contribution in [-0.4, -0.2) is 12.9 Å². The predicted octanol–water partition coefficient (Wildman–Crippen LogP) is 6.00. The molecule has 2 aromatic carbocycles. The highest BCUT2D eigenvalue weighted by Gasteiger charge is 2.31. The maximum absolute atomic E-state index is 12.2. The topological polar surface area (TPSA) is 23.3 Å². The smallest absolute Gasteiger partial charge is 0.573 e. The molecule has 0 saturated heterocycles. The van der Waals surface area contributed by atoms with Gasteiger partial charge in [-0.1, -0.05) is 62.7 Å². The lowest BCUT2D eigenvalue weighted by atomic mass is 9.87. The number of benzene rings is 2. The van der Waals surface area contributed by atoms with Crippen molar-refractivity contribution in [3.8, 4) is 5.75 Å². The molecule has 0 N–H and O–H groups in total. The quantitative estimate of drug-likeness (QED) is 0.586. The number of hydrogen-bond acceptors (Lipinski definition) is 1. The van der Waals surface area contributed by atoms with Gasteiger partial charge in [-0.15, -0.1) is 26.3 Å². The molecule has 136 valence electrons. The van der Waals surface area contributed by atoms with Crippen molar-refractivity contribution >= 4 is 0 Å². The number of hydrogen-bond donors (Lipinski definition) is 0. The second-order valence-corrected chi connectivity index (χ2v) is 7.00. The maximum atomic E-state index is 12.2. The lowest BCUT2D eigenvalue weighted by Crippen LogP contribution is -2.17. The molecule has 0 fully saturated rings. The van der Waals surface area contributed by atoms with E-state index in [0.29, 0.717) is 19.5 Å². The van der Waals surface area contributed by atoms with E-state index in [1.165, 1.54) is 17.7 Å². The molecule has 2 aromatic rings. The summed E-state index contributed by atoms with van der Waals surface area (Å²) in [6, 6.07) is 14.4. The van der Waals surface area contributed by atoms with Crippen LogP contribution in [0.2, 0.25) is 0 Å². The average molecular weight is 350 g/mol. The molecule has 0 saturated carbocycles. The Morgan fingerprint density at radius 2 is 1.60 bits per heavy atom. The summed E-state index contributed by atoms with van der Waals surface area (Å²) in [5.74, 6) is -0.192. The monoisotopic (exact) mass is 350 g/mol. The first-order valence-electron chi connectivity index (χ1n) is 8.21. The minimum Gasteiger partial charge on any atom is -0.658 e. The van der Waals surface area contributed by atoms with Gasteiger partial charge in [-0.25, -0.2) is 0 Å². The molecule has 0 atom stereocenters. The van der Waals surface area contributed by atoms with Crippen molar-refractivity contribution in [1.82, 2.24) is 0 Å². The molecule has 0 heterocycles. The molecule has 0 aliphatic heterocycles. The van der Waals surface area contributed by atoms with E-state index in [2.05, 4.69) is 55.1 Å². The van der Waals surface area contributed by atoms with Gasteiger partial charge in [-0.05, 0) is 35.1 Å². The summed E-state index contributed by atoms with van der Waals surface area (Å²) in [7, 11) is 0. The lowest BCUT2D eigenvalue weighted by Gasteiger charge is -2.22. The first-order chi connectivity index (χ1) is 11.6. The van der Waals surface area contributed by atoms with Crippen LogP contribution in [0, 0.1) is 0 Å². The van der Waals surface area contributed by atoms with Crippen molar-refractivity contribution in [1.29, 1.82) is 0 Å². The Morgan fingerprint density at radius 3 is 2.20 bits per heavy atom. The summed E-state index contributed by atoms with van der Waals surface area (Å²) in [4.78, 5) is 0. The molecule has 5 heteroatoms. The molecular weight excluding hydrogens is 327 g/mol. The van der Waals surface area contributed by atoms with Gasteiger partial charge in [0.25, 0.3) is 0 Å². The average Bonchev–Trinajstić information content (AvgIpc) is 2.50. The van der Waals surface area contributed by atoms with Gasteiger partial charge in [0, 0.05) is 0 Å². The third-order valence-corrected chi connectivity index (χ3v) is 3.80. The first-order valence-corrected chi connectivity index (χ1v) is 8.21. The van der Waals surface area contributed by atoms with Crippen LogP contribution in [0.25, 0.3) is 5.32 Å². The van der Waals surface area contributed by atoms with Crippen LogP contribution in [0.5, 0.6) is 5.75 Å². The van der Waals surface area contributed by atoms with E-state index >= 15 is 0 Å². The Bertz CT molecular complexity index is 673. The number of halogens is 3. The minimum atomic E-state index is -4.66. The zero-order chi connectivity index (χ0) is 18.5. The fraction of sp³-hybridized carbons (Fsp3) is 0.400. The normalized spacial score (nSPS) is 12.2. The van der Waals surface area contributed by atoms with Crippen molar-refractivity contribution in [3.63, 3.8) is 0 Å². The number of alkyl halides is 3. The second-order valence-electron chi connectivity index (χ2n) is 7.00. The lowest BCUT2D eigenvalue weighted by molar-refractivity contribution is -0.274. The number of nitrogens with zero attached hydrogens (tertiary/aromatic N) is 1. The molecule has 0 aliphatic rings. The van der Waals surface area contributed by atoms with Gasteiger partial charge in [0.1, 0.15) is 5.75 Å². The van der Waals surface area contributed by atoms with Crippen molar-refractivity contribution in [2.24, 2.45) is 0 Å². The molecule has 2 rings (SSSR count). The van der Waals surface area contributed by atoms with Crippen LogP contribution in [0.1, 0.15) is 37.5 Å². The Labute approximate surface area is 147 Å². The highest BCUT2D eigenvalue weighted by molar-refractivity contribution is 5.30. The van der Waals surface area contributed by atoms with E-state index in [1.54, 1.807) is 12.1 Å². The molecule has 25 heavy (non-hydrogen) atoms. The summed E-state index contributed by atoms with van der Waals surface area (Å²) in [5, 5.41) is 4.47. The van der Waals surface area contributed by atoms with E-state index in [9.17, 15) is 13.2 Å².